The Morgan fingerprint density at radius 1 is 1.21 bits per heavy atom. The van der Waals surface area contributed by atoms with E-state index in [-0.39, 0.29) is 17.8 Å². The number of hydrogen-bond donors (Lipinski definition) is 1. The van der Waals surface area contributed by atoms with Gasteiger partial charge in [-0.1, -0.05) is 20.8 Å². The van der Waals surface area contributed by atoms with Gasteiger partial charge in [0.1, 0.15) is 5.82 Å². The zero-order valence-corrected chi connectivity index (χ0v) is 14.8. The molecule has 2 aromatic rings. The lowest BCUT2D eigenvalue weighted by Gasteiger charge is -2.15. The summed E-state index contributed by atoms with van der Waals surface area (Å²) in [5.41, 5.74) is 2.16. The molecule has 0 bridgehead atoms. The van der Waals surface area contributed by atoms with Crippen LogP contribution in [-0.2, 0) is 6.42 Å². The largest absolute Gasteiger partial charge is 0.349 e. The van der Waals surface area contributed by atoms with Gasteiger partial charge in [0.05, 0.1) is 23.1 Å². The van der Waals surface area contributed by atoms with Gasteiger partial charge in [0.15, 0.2) is 0 Å². The Morgan fingerprint density at radius 2 is 1.88 bits per heavy atom. The van der Waals surface area contributed by atoms with Gasteiger partial charge in [-0.05, 0) is 56.4 Å². The van der Waals surface area contributed by atoms with E-state index in [0.29, 0.717) is 17.9 Å². The van der Waals surface area contributed by atoms with Crippen LogP contribution in [0.5, 0.6) is 0 Å². The van der Waals surface area contributed by atoms with Crippen LogP contribution in [0.15, 0.2) is 30.5 Å². The summed E-state index contributed by atoms with van der Waals surface area (Å²) in [5, 5.41) is 7.37. The van der Waals surface area contributed by atoms with E-state index in [9.17, 15) is 9.18 Å². The fourth-order valence-electron chi connectivity index (χ4n) is 2.67. The van der Waals surface area contributed by atoms with Crippen molar-refractivity contribution in [3.8, 4) is 5.69 Å². The van der Waals surface area contributed by atoms with Crippen molar-refractivity contribution in [2.45, 2.75) is 53.0 Å². The van der Waals surface area contributed by atoms with Crippen molar-refractivity contribution in [2.75, 3.05) is 0 Å². The van der Waals surface area contributed by atoms with Crippen LogP contribution in [0.1, 0.15) is 56.6 Å². The molecule has 4 nitrogen and oxygen atoms in total. The topological polar surface area (TPSA) is 46.9 Å². The summed E-state index contributed by atoms with van der Waals surface area (Å²) in [4.78, 5) is 12.6. The maximum Gasteiger partial charge on any atom is 0.254 e. The van der Waals surface area contributed by atoms with E-state index in [1.54, 1.807) is 23.0 Å². The summed E-state index contributed by atoms with van der Waals surface area (Å²) < 4.78 is 14.8. The summed E-state index contributed by atoms with van der Waals surface area (Å²) in [6.45, 7) is 8.36. The lowest BCUT2D eigenvalue weighted by Crippen LogP contribution is -2.33. The van der Waals surface area contributed by atoms with E-state index in [1.807, 2.05) is 13.8 Å². The number of carbonyl (C=O) groups excluding carboxylic acids is 1. The maximum absolute atomic E-state index is 13.1. The van der Waals surface area contributed by atoms with Gasteiger partial charge < -0.3 is 5.32 Å². The second kappa shape index (κ2) is 8.08. The standard InChI is InChI=1S/C19H26FN3O/c1-5-18-17(19(24)22-14(4)7-6-13(2)3)12-21-23(18)16-10-8-15(20)9-11-16/h8-14H,5-7H2,1-4H3,(H,22,24). The fraction of sp³-hybridized carbons (Fsp3) is 0.474. The fourth-order valence-corrected chi connectivity index (χ4v) is 2.67. The number of amides is 1. The molecule has 2 rings (SSSR count). The first kappa shape index (κ1) is 18.2. The average Bonchev–Trinajstić information content (AvgIpc) is 2.97. The molecule has 0 fully saturated rings. The van der Waals surface area contributed by atoms with Gasteiger partial charge in [0, 0.05) is 6.04 Å². The van der Waals surface area contributed by atoms with E-state index in [1.165, 1.54) is 12.1 Å². The zero-order valence-electron chi connectivity index (χ0n) is 14.8. The van der Waals surface area contributed by atoms with Gasteiger partial charge in [-0.3, -0.25) is 4.79 Å². The molecule has 1 N–H and O–H groups in total. The molecule has 5 heteroatoms. The van der Waals surface area contributed by atoms with Crippen molar-refractivity contribution in [3.05, 3.63) is 47.5 Å². The smallest absolute Gasteiger partial charge is 0.254 e. The molecule has 0 aliphatic rings. The molecular weight excluding hydrogens is 305 g/mol. The van der Waals surface area contributed by atoms with Crippen LogP contribution in [0.2, 0.25) is 0 Å². The number of nitrogens with one attached hydrogen (secondary N) is 1. The average molecular weight is 331 g/mol. The highest BCUT2D eigenvalue weighted by molar-refractivity contribution is 5.95. The molecule has 0 saturated carbocycles. The lowest BCUT2D eigenvalue weighted by molar-refractivity contribution is 0.0936. The molecule has 0 radical (unpaired) electrons. The molecule has 1 heterocycles. The number of halogens is 1. The van der Waals surface area contributed by atoms with Gasteiger partial charge in [0.25, 0.3) is 5.91 Å². The van der Waals surface area contributed by atoms with E-state index in [0.717, 1.165) is 24.2 Å². The third-order valence-electron chi connectivity index (χ3n) is 4.07. The molecule has 0 saturated heterocycles. The van der Waals surface area contributed by atoms with Crippen molar-refractivity contribution in [3.63, 3.8) is 0 Å². The Bertz CT molecular complexity index is 676. The highest BCUT2D eigenvalue weighted by Crippen LogP contribution is 2.17. The minimum atomic E-state index is -0.291. The summed E-state index contributed by atoms with van der Waals surface area (Å²) in [6.07, 6.45) is 4.29. The van der Waals surface area contributed by atoms with Gasteiger partial charge in [-0.25, -0.2) is 9.07 Å². The first-order chi connectivity index (χ1) is 11.4. The van der Waals surface area contributed by atoms with Crippen LogP contribution < -0.4 is 5.32 Å². The number of rotatable bonds is 7. The summed E-state index contributed by atoms with van der Waals surface area (Å²) >= 11 is 0. The Labute approximate surface area is 143 Å². The number of hydrogen-bond acceptors (Lipinski definition) is 2. The monoisotopic (exact) mass is 331 g/mol. The molecular formula is C19H26FN3O. The summed E-state index contributed by atoms with van der Waals surface area (Å²) in [6, 6.07) is 6.23. The zero-order chi connectivity index (χ0) is 17.7. The van der Waals surface area contributed by atoms with Crippen LogP contribution in [0.4, 0.5) is 4.39 Å². The second-order valence-electron chi connectivity index (χ2n) is 6.59. The van der Waals surface area contributed by atoms with Gasteiger partial charge in [-0.2, -0.15) is 5.10 Å². The number of benzene rings is 1. The van der Waals surface area contributed by atoms with Crippen molar-refractivity contribution >= 4 is 5.91 Å². The van der Waals surface area contributed by atoms with Crippen molar-refractivity contribution in [1.29, 1.82) is 0 Å². The second-order valence-corrected chi connectivity index (χ2v) is 6.59. The third-order valence-corrected chi connectivity index (χ3v) is 4.07. The minimum Gasteiger partial charge on any atom is -0.349 e. The summed E-state index contributed by atoms with van der Waals surface area (Å²) in [7, 11) is 0. The van der Waals surface area contributed by atoms with Gasteiger partial charge in [0.2, 0.25) is 0 Å². The Morgan fingerprint density at radius 3 is 2.46 bits per heavy atom. The van der Waals surface area contributed by atoms with Crippen molar-refractivity contribution in [2.24, 2.45) is 5.92 Å². The Balaban J connectivity index is 2.16. The Hall–Kier alpha value is -2.17. The lowest BCUT2D eigenvalue weighted by atomic mass is 10.0. The highest BCUT2D eigenvalue weighted by Gasteiger charge is 2.18. The molecule has 0 aliphatic heterocycles. The molecule has 1 aromatic carbocycles. The van der Waals surface area contributed by atoms with Crippen LogP contribution in [0, 0.1) is 11.7 Å². The van der Waals surface area contributed by atoms with E-state index < -0.39 is 0 Å². The quantitative estimate of drug-likeness (QED) is 0.829. The highest BCUT2D eigenvalue weighted by atomic mass is 19.1. The molecule has 0 spiro atoms. The van der Waals surface area contributed by atoms with E-state index in [4.69, 9.17) is 0 Å². The molecule has 1 aromatic heterocycles. The summed E-state index contributed by atoms with van der Waals surface area (Å²) in [5.74, 6) is 0.231. The van der Waals surface area contributed by atoms with Crippen molar-refractivity contribution < 1.29 is 9.18 Å². The molecule has 24 heavy (non-hydrogen) atoms. The number of aromatic nitrogens is 2. The predicted octanol–water partition coefficient (Wildman–Crippen LogP) is 4.13. The molecule has 1 amide bonds. The Kier molecular flexibility index (Phi) is 6.12. The number of carbonyl (C=O) groups is 1. The van der Waals surface area contributed by atoms with Crippen LogP contribution >= 0.6 is 0 Å². The normalized spacial score (nSPS) is 12.4. The van der Waals surface area contributed by atoms with E-state index >= 15 is 0 Å². The third kappa shape index (κ3) is 4.43. The van der Waals surface area contributed by atoms with E-state index in [2.05, 4.69) is 24.3 Å². The first-order valence-electron chi connectivity index (χ1n) is 8.56. The van der Waals surface area contributed by atoms with Gasteiger partial charge >= 0.3 is 0 Å². The van der Waals surface area contributed by atoms with Crippen molar-refractivity contribution in [1.82, 2.24) is 15.1 Å². The van der Waals surface area contributed by atoms with Crippen LogP contribution in [0.3, 0.4) is 0 Å². The molecule has 1 atom stereocenters. The van der Waals surface area contributed by atoms with Gasteiger partial charge in [-0.15, -0.1) is 0 Å². The van der Waals surface area contributed by atoms with Crippen LogP contribution in [-0.4, -0.2) is 21.7 Å². The first-order valence-corrected chi connectivity index (χ1v) is 8.56. The minimum absolute atomic E-state index is 0.100. The molecule has 1 unspecified atom stereocenters. The number of nitrogens with zero attached hydrogens (tertiary/aromatic N) is 2. The SMILES string of the molecule is CCc1c(C(=O)NC(C)CCC(C)C)cnn1-c1ccc(F)cc1. The molecule has 130 valence electrons. The predicted molar refractivity (Wildman–Crippen MR) is 93.9 cm³/mol. The van der Waals surface area contributed by atoms with Crippen LogP contribution in [0.25, 0.3) is 5.69 Å². The maximum atomic E-state index is 13.1. The molecule has 0 aliphatic carbocycles.